The zero-order valence-electron chi connectivity index (χ0n) is 14.4. The largest absolute Gasteiger partial charge is 0.397 e. The second-order valence-electron chi connectivity index (χ2n) is 6.62. The first kappa shape index (κ1) is 17.6. The number of carbonyl (C=O) groups excluding carboxylic acids is 3. The molecule has 3 rings (SSSR count). The number of hydrogen-bond acceptors (Lipinski definition) is 4. The van der Waals surface area contributed by atoms with Gasteiger partial charge in [0.25, 0.3) is 0 Å². The van der Waals surface area contributed by atoms with E-state index in [2.05, 4.69) is 5.32 Å². The van der Waals surface area contributed by atoms with Gasteiger partial charge < -0.3 is 11.1 Å². The molecule has 26 heavy (non-hydrogen) atoms. The van der Waals surface area contributed by atoms with Gasteiger partial charge in [-0.1, -0.05) is 48.5 Å². The number of amides is 1. The van der Waals surface area contributed by atoms with E-state index >= 15 is 0 Å². The molecule has 1 aliphatic carbocycles. The van der Waals surface area contributed by atoms with Crippen LogP contribution in [0.25, 0.3) is 0 Å². The smallest absolute Gasteiger partial charge is 0.225 e. The number of nitrogen functional groups attached to an aromatic ring is 1. The van der Waals surface area contributed by atoms with Crippen LogP contribution in [-0.2, 0) is 14.4 Å². The van der Waals surface area contributed by atoms with Crippen LogP contribution >= 0.6 is 0 Å². The van der Waals surface area contributed by atoms with Crippen LogP contribution < -0.4 is 11.1 Å². The van der Waals surface area contributed by atoms with Crippen LogP contribution in [0.2, 0.25) is 0 Å². The minimum absolute atomic E-state index is 0.229. The molecule has 1 amide bonds. The monoisotopic (exact) mass is 348 g/mol. The van der Waals surface area contributed by atoms with E-state index in [0.29, 0.717) is 11.4 Å². The average molecular weight is 348 g/mol. The van der Waals surface area contributed by atoms with E-state index in [-0.39, 0.29) is 18.0 Å². The number of carbonyl (C=O) groups is 3. The molecule has 0 aromatic heterocycles. The van der Waals surface area contributed by atoms with Gasteiger partial charge >= 0.3 is 0 Å². The molecule has 2 aromatic carbocycles. The van der Waals surface area contributed by atoms with Crippen LogP contribution in [0.3, 0.4) is 0 Å². The fraction of sp³-hybridized carbons (Fsp3) is 0.190. The minimum Gasteiger partial charge on any atom is -0.397 e. The average Bonchev–Trinajstić information content (AvgIpc) is 2.63. The highest BCUT2D eigenvalue weighted by atomic mass is 16.2. The lowest BCUT2D eigenvalue weighted by atomic mass is 9.68. The normalized spacial score (nSPS) is 22.3. The predicted octanol–water partition coefficient (Wildman–Crippen LogP) is 3.10. The van der Waals surface area contributed by atoms with Crippen molar-refractivity contribution in [3.8, 4) is 0 Å². The Balaban J connectivity index is 1.82. The molecule has 2 aromatic rings. The van der Waals surface area contributed by atoms with Gasteiger partial charge in [-0.05, 0) is 30.7 Å². The van der Waals surface area contributed by atoms with Gasteiger partial charge in [-0.2, -0.15) is 0 Å². The fourth-order valence-corrected chi connectivity index (χ4v) is 3.14. The zero-order valence-corrected chi connectivity index (χ0v) is 14.4. The van der Waals surface area contributed by atoms with Gasteiger partial charge in [-0.3, -0.25) is 14.4 Å². The SMILES string of the molecule is CC1(CC(=O)Nc2ccccc2N)C(=O)C=CC(c2ccccc2)C1=O. The lowest BCUT2D eigenvalue weighted by Gasteiger charge is -2.31. The van der Waals surface area contributed by atoms with Crippen LogP contribution in [0.5, 0.6) is 0 Å². The molecule has 5 nitrogen and oxygen atoms in total. The number of allylic oxidation sites excluding steroid dienone is 2. The highest BCUT2D eigenvalue weighted by Crippen LogP contribution is 2.37. The molecule has 0 fully saturated rings. The van der Waals surface area contributed by atoms with Crippen LogP contribution in [0.1, 0.15) is 24.8 Å². The summed E-state index contributed by atoms with van der Waals surface area (Å²) in [4.78, 5) is 38.0. The molecule has 0 bridgehead atoms. The summed E-state index contributed by atoms with van der Waals surface area (Å²) in [5.41, 5.74) is 6.12. The minimum atomic E-state index is -1.40. The van der Waals surface area contributed by atoms with Gasteiger partial charge in [0.1, 0.15) is 0 Å². The third-order valence-corrected chi connectivity index (χ3v) is 4.72. The number of nitrogens with one attached hydrogen (secondary N) is 1. The van der Waals surface area contributed by atoms with Gasteiger partial charge in [0.05, 0.1) is 22.7 Å². The predicted molar refractivity (Wildman–Crippen MR) is 101 cm³/mol. The summed E-state index contributed by atoms with van der Waals surface area (Å²) >= 11 is 0. The van der Waals surface area contributed by atoms with Crippen molar-refractivity contribution in [1.29, 1.82) is 0 Å². The van der Waals surface area contributed by atoms with Gasteiger partial charge in [0.2, 0.25) is 5.91 Å². The molecule has 0 radical (unpaired) electrons. The number of rotatable bonds is 4. The lowest BCUT2D eigenvalue weighted by Crippen LogP contribution is -2.43. The summed E-state index contributed by atoms with van der Waals surface area (Å²) < 4.78 is 0. The lowest BCUT2D eigenvalue weighted by molar-refractivity contribution is -0.141. The molecule has 0 spiro atoms. The summed E-state index contributed by atoms with van der Waals surface area (Å²) in [5, 5.41) is 2.69. The summed E-state index contributed by atoms with van der Waals surface area (Å²) in [7, 11) is 0. The number of hydrogen-bond donors (Lipinski definition) is 2. The molecule has 2 unspecified atom stereocenters. The molecular weight excluding hydrogens is 328 g/mol. The summed E-state index contributed by atoms with van der Waals surface area (Å²) in [5.74, 6) is -1.58. The van der Waals surface area contributed by atoms with Crippen molar-refractivity contribution in [3.05, 3.63) is 72.3 Å². The first-order valence-corrected chi connectivity index (χ1v) is 8.38. The number of anilines is 2. The van der Waals surface area contributed by atoms with E-state index in [1.54, 1.807) is 30.3 Å². The summed E-state index contributed by atoms with van der Waals surface area (Å²) in [6.07, 6.45) is 2.78. The molecule has 132 valence electrons. The third kappa shape index (κ3) is 3.28. The second-order valence-corrected chi connectivity index (χ2v) is 6.62. The number of Topliss-reactive ketones (excluding diaryl/α,β-unsaturated/α-hetero) is 1. The Morgan fingerprint density at radius 2 is 1.73 bits per heavy atom. The van der Waals surface area contributed by atoms with Crippen LogP contribution in [0.4, 0.5) is 11.4 Å². The molecule has 0 aliphatic heterocycles. The van der Waals surface area contributed by atoms with E-state index < -0.39 is 17.2 Å². The maximum absolute atomic E-state index is 13.0. The Morgan fingerprint density at radius 1 is 1.08 bits per heavy atom. The number of nitrogens with two attached hydrogens (primary N) is 1. The zero-order chi connectivity index (χ0) is 18.7. The topological polar surface area (TPSA) is 89.3 Å². The van der Waals surface area contributed by atoms with Crippen molar-refractivity contribution in [2.45, 2.75) is 19.3 Å². The van der Waals surface area contributed by atoms with E-state index in [9.17, 15) is 14.4 Å². The molecule has 0 saturated heterocycles. The highest BCUT2D eigenvalue weighted by Gasteiger charge is 2.46. The van der Waals surface area contributed by atoms with Crippen molar-refractivity contribution >= 4 is 28.8 Å². The third-order valence-electron chi connectivity index (χ3n) is 4.72. The van der Waals surface area contributed by atoms with E-state index in [0.717, 1.165) is 5.56 Å². The van der Waals surface area contributed by atoms with Crippen molar-refractivity contribution in [1.82, 2.24) is 0 Å². The molecule has 3 N–H and O–H groups in total. The molecular formula is C21H20N2O3. The molecule has 0 saturated carbocycles. The first-order chi connectivity index (χ1) is 12.4. The van der Waals surface area contributed by atoms with Crippen molar-refractivity contribution < 1.29 is 14.4 Å². The van der Waals surface area contributed by atoms with Gasteiger partial charge in [0.15, 0.2) is 11.6 Å². The summed E-state index contributed by atoms with van der Waals surface area (Å²) in [6, 6.07) is 16.1. The standard InChI is InChI=1S/C21H20N2O3/c1-21(13-19(25)23-17-10-6-5-9-16(17)22)18(24)12-11-15(20(21)26)14-7-3-2-4-8-14/h2-12,15H,13,22H2,1H3,(H,23,25). The van der Waals surface area contributed by atoms with Gasteiger partial charge in [0, 0.05) is 6.42 Å². The second kappa shape index (κ2) is 6.96. The van der Waals surface area contributed by atoms with E-state index in [4.69, 9.17) is 5.73 Å². The summed E-state index contributed by atoms with van der Waals surface area (Å²) in [6.45, 7) is 1.53. The quantitative estimate of drug-likeness (QED) is 0.656. The van der Waals surface area contributed by atoms with Crippen molar-refractivity contribution in [2.24, 2.45) is 5.41 Å². The Kier molecular flexibility index (Phi) is 4.71. The highest BCUT2D eigenvalue weighted by molar-refractivity contribution is 6.18. The molecule has 1 aliphatic rings. The van der Waals surface area contributed by atoms with Crippen molar-refractivity contribution in [3.63, 3.8) is 0 Å². The Hall–Kier alpha value is -3.21. The Bertz CT molecular complexity index is 889. The van der Waals surface area contributed by atoms with Crippen LogP contribution in [-0.4, -0.2) is 17.5 Å². The van der Waals surface area contributed by atoms with E-state index in [1.165, 1.54) is 13.0 Å². The molecule has 5 heteroatoms. The molecule has 0 heterocycles. The number of ketones is 2. The Labute approximate surface area is 151 Å². The van der Waals surface area contributed by atoms with Gasteiger partial charge in [-0.15, -0.1) is 0 Å². The fourth-order valence-electron chi connectivity index (χ4n) is 3.14. The Morgan fingerprint density at radius 3 is 2.42 bits per heavy atom. The van der Waals surface area contributed by atoms with Crippen molar-refractivity contribution in [2.75, 3.05) is 11.1 Å². The molecule has 2 atom stereocenters. The number of benzene rings is 2. The van der Waals surface area contributed by atoms with Crippen LogP contribution in [0, 0.1) is 5.41 Å². The number of para-hydroxylation sites is 2. The van der Waals surface area contributed by atoms with Gasteiger partial charge in [-0.25, -0.2) is 0 Å². The maximum atomic E-state index is 13.0. The van der Waals surface area contributed by atoms with Crippen LogP contribution in [0.15, 0.2) is 66.7 Å². The first-order valence-electron chi connectivity index (χ1n) is 8.38. The maximum Gasteiger partial charge on any atom is 0.225 e. The van der Waals surface area contributed by atoms with E-state index in [1.807, 2.05) is 30.3 Å².